The maximum Gasteiger partial charge on any atom is 0.322 e. The van der Waals surface area contributed by atoms with E-state index in [1.807, 2.05) is 4.90 Å². The number of hydrogen-bond acceptors (Lipinski definition) is 6. The average molecular weight is 259 g/mol. The lowest BCUT2D eigenvalue weighted by Crippen LogP contribution is -2.43. The minimum Gasteiger partial charge on any atom is -0.467 e. The first kappa shape index (κ1) is 12.3. The number of methoxy groups -OCH3 is 1. The van der Waals surface area contributed by atoms with Gasteiger partial charge in [-0.3, -0.25) is 0 Å². The lowest BCUT2D eigenvalue weighted by molar-refractivity contribution is 0.0378. The van der Waals surface area contributed by atoms with E-state index in [2.05, 4.69) is 21.9 Å². The summed E-state index contributed by atoms with van der Waals surface area (Å²) in [5, 5.41) is 0.145. The maximum atomic E-state index is 5.82. The largest absolute Gasteiger partial charge is 0.467 e. The van der Waals surface area contributed by atoms with Crippen molar-refractivity contribution in [3.8, 4) is 6.01 Å². The summed E-state index contributed by atoms with van der Waals surface area (Å²) in [5.74, 6) is 0.545. The van der Waals surface area contributed by atoms with E-state index in [9.17, 15) is 0 Å². The van der Waals surface area contributed by atoms with Crippen LogP contribution in [0.4, 0.5) is 5.95 Å². The number of morpholine rings is 1. The van der Waals surface area contributed by atoms with Crippen molar-refractivity contribution in [1.29, 1.82) is 0 Å². The van der Waals surface area contributed by atoms with Crippen molar-refractivity contribution in [2.75, 3.05) is 31.7 Å². The molecule has 7 heteroatoms. The Balaban J connectivity index is 2.18. The van der Waals surface area contributed by atoms with Crippen LogP contribution in [0.5, 0.6) is 6.01 Å². The molecular weight excluding hydrogens is 244 g/mol. The summed E-state index contributed by atoms with van der Waals surface area (Å²) in [7, 11) is 1.50. The number of nitrogens with zero attached hydrogens (tertiary/aromatic N) is 4. The van der Waals surface area contributed by atoms with E-state index in [4.69, 9.17) is 21.1 Å². The second-order valence-electron chi connectivity index (χ2n) is 3.74. The van der Waals surface area contributed by atoms with Gasteiger partial charge in [0.25, 0.3) is 0 Å². The summed E-state index contributed by atoms with van der Waals surface area (Å²) < 4.78 is 10.6. The van der Waals surface area contributed by atoms with Crippen LogP contribution < -0.4 is 9.64 Å². The second kappa shape index (κ2) is 5.46. The Labute approximate surface area is 105 Å². The Morgan fingerprint density at radius 1 is 1.47 bits per heavy atom. The van der Waals surface area contributed by atoms with Crippen LogP contribution >= 0.6 is 11.6 Å². The van der Waals surface area contributed by atoms with Gasteiger partial charge in [-0.1, -0.05) is 6.92 Å². The van der Waals surface area contributed by atoms with E-state index in [0.717, 1.165) is 19.5 Å². The lowest BCUT2D eigenvalue weighted by Gasteiger charge is -2.32. The molecule has 0 spiro atoms. The SMILES string of the molecule is CCC1CN(c2nc(Cl)nc(OC)n2)CCO1. The lowest BCUT2D eigenvalue weighted by atomic mass is 10.2. The molecule has 0 aliphatic carbocycles. The van der Waals surface area contributed by atoms with Crippen molar-refractivity contribution in [3.63, 3.8) is 0 Å². The highest BCUT2D eigenvalue weighted by Crippen LogP contribution is 2.18. The Morgan fingerprint density at radius 2 is 2.29 bits per heavy atom. The molecule has 1 atom stereocenters. The number of halogens is 1. The van der Waals surface area contributed by atoms with Gasteiger partial charge in [0, 0.05) is 13.1 Å². The monoisotopic (exact) mass is 258 g/mol. The summed E-state index contributed by atoms with van der Waals surface area (Å²) in [6.45, 7) is 4.28. The van der Waals surface area contributed by atoms with Crippen LogP contribution in [-0.4, -0.2) is 47.9 Å². The van der Waals surface area contributed by atoms with E-state index >= 15 is 0 Å². The highest BCUT2D eigenvalue weighted by Gasteiger charge is 2.22. The molecule has 1 aromatic rings. The fourth-order valence-electron chi connectivity index (χ4n) is 1.70. The second-order valence-corrected chi connectivity index (χ2v) is 4.08. The van der Waals surface area contributed by atoms with Crippen molar-refractivity contribution in [2.24, 2.45) is 0 Å². The highest BCUT2D eigenvalue weighted by molar-refractivity contribution is 6.28. The Bertz CT molecular complexity index is 391. The van der Waals surface area contributed by atoms with Gasteiger partial charge in [-0.2, -0.15) is 15.0 Å². The smallest absolute Gasteiger partial charge is 0.322 e. The van der Waals surface area contributed by atoms with E-state index < -0.39 is 0 Å². The summed E-state index contributed by atoms with van der Waals surface area (Å²) in [6, 6.07) is 0.236. The summed E-state index contributed by atoms with van der Waals surface area (Å²) >= 11 is 5.82. The van der Waals surface area contributed by atoms with Gasteiger partial charge < -0.3 is 14.4 Å². The van der Waals surface area contributed by atoms with Crippen LogP contribution in [0.15, 0.2) is 0 Å². The first-order chi connectivity index (χ1) is 8.22. The quantitative estimate of drug-likeness (QED) is 0.811. The van der Waals surface area contributed by atoms with Crippen molar-refractivity contribution >= 4 is 17.5 Å². The molecule has 1 saturated heterocycles. The molecule has 0 radical (unpaired) electrons. The van der Waals surface area contributed by atoms with E-state index in [1.165, 1.54) is 7.11 Å². The summed E-state index contributed by atoms with van der Waals surface area (Å²) in [6.07, 6.45) is 1.18. The number of rotatable bonds is 3. The Hall–Kier alpha value is -1.14. The van der Waals surface area contributed by atoms with Gasteiger partial charge in [-0.05, 0) is 18.0 Å². The third-order valence-electron chi connectivity index (χ3n) is 2.64. The molecule has 2 rings (SSSR count). The standard InChI is InChI=1S/C10H15ClN4O2/c1-3-7-6-15(4-5-17-7)9-12-8(11)13-10(14-9)16-2/h7H,3-6H2,1-2H3. The van der Waals surface area contributed by atoms with Gasteiger partial charge in [0.05, 0.1) is 19.8 Å². The van der Waals surface area contributed by atoms with Gasteiger partial charge in [0.2, 0.25) is 11.2 Å². The third kappa shape index (κ3) is 2.95. The first-order valence-electron chi connectivity index (χ1n) is 5.55. The van der Waals surface area contributed by atoms with Gasteiger partial charge >= 0.3 is 6.01 Å². The topological polar surface area (TPSA) is 60.4 Å². The van der Waals surface area contributed by atoms with Crippen LogP contribution in [0.2, 0.25) is 5.28 Å². The fraction of sp³-hybridized carbons (Fsp3) is 0.700. The third-order valence-corrected chi connectivity index (χ3v) is 2.80. The van der Waals surface area contributed by atoms with Crippen LogP contribution in [-0.2, 0) is 4.74 Å². The summed E-state index contributed by atoms with van der Waals surface area (Å²) in [5.41, 5.74) is 0. The zero-order chi connectivity index (χ0) is 12.3. The van der Waals surface area contributed by atoms with Crippen molar-refractivity contribution in [1.82, 2.24) is 15.0 Å². The number of ether oxygens (including phenoxy) is 2. The van der Waals surface area contributed by atoms with Gasteiger partial charge in [0.1, 0.15) is 0 Å². The van der Waals surface area contributed by atoms with Crippen LogP contribution in [0.1, 0.15) is 13.3 Å². The average Bonchev–Trinajstić information content (AvgIpc) is 2.38. The minimum absolute atomic E-state index is 0.145. The van der Waals surface area contributed by atoms with Crippen molar-refractivity contribution in [2.45, 2.75) is 19.4 Å². The molecule has 0 bridgehead atoms. The van der Waals surface area contributed by atoms with Crippen LogP contribution in [0, 0.1) is 0 Å². The molecule has 1 aliphatic rings. The molecule has 17 heavy (non-hydrogen) atoms. The number of aromatic nitrogens is 3. The number of hydrogen-bond donors (Lipinski definition) is 0. The Kier molecular flexibility index (Phi) is 3.96. The van der Waals surface area contributed by atoms with Crippen LogP contribution in [0.25, 0.3) is 0 Å². The normalized spacial score (nSPS) is 20.4. The molecule has 0 amide bonds. The molecule has 1 fully saturated rings. The summed E-state index contributed by atoms with van der Waals surface area (Å²) in [4.78, 5) is 14.2. The van der Waals surface area contributed by atoms with Gasteiger partial charge in [-0.25, -0.2) is 0 Å². The maximum absolute atomic E-state index is 5.82. The predicted octanol–water partition coefficient (Wildman–Crippen LogP) is 1.15. The minimum atomic E-state index is 0.145. The van der Waals surface area contributed by atoms with E-state index in [0.29, 0.717) is 12.6 Å². The molecule has 2 heterocycles. The molecule has 1 aliphatic heterocycles. The zero-order valence-corrected chi connectivity index (χ0v) is 10.6. The zero-order valence-electron chi connectivity index (χ0n) is 9.89. The molecule has 94 valence electrons. The van der Waals surface area contributed by atoms with E-state index in [1.54, 1.807) is 0 Å². The molecule has 0 aromatic carbocycles. The fourth-order valence-corrected chi connectivity index (χ4v) is 1.85. The molecule has 1 unspecified atom stereocenters. The molecule has 6 nitrogen and oxygen atoms in total. The van der Waals surface area contributed by atoms with Gasteiger partial charge in [-0.15, -0.1) is 0 Å². The molecule has 0 saturated carbocycles. The van der Waals surface area contributed by atoms with E-state index in [-0.39, 0.29) is 17.4 Å². The van der Waals surface area contributed by atoms with Crippen LogP contribution in [0.3, 0.4) is 0 Å². The predicted molar refractivity (Wildman–Crippen MR) is 63.6 cm³/mol. The number of anilines is 1. The van der Waals surface area contributed by atoms with Crippen molar-refractivity contribution < 1.29 is 9.47 Å². The Morgan fingerprint density at radius 3 is 3.00 bits per heavy atom. The highest BCUT2D eigenvalue weighted by atomic mass is 35.5. The molecular formula is C10H15ClN4O2. The first-order valence-corrected chi connectivity index (χ1v) is 5.93. The van der Waals surface area contributed by atoms with Crippen molar-refractivity contribution in [3.05, 3.63) is 5.28 Å². The van der Waals surface area contributed by atoms with Gasteiger partial charge in [0.15, 0.2) is 0 Å². The molecule has 0 N–H and O–H groups in total. The molecule has 1 aromatic heterocycles.